The number of nitrogens with zero attached hydrogens (tertiary/aromatic N) is 1. The highest BCUT2D eigenvalue weighted by Gasteiger charge is 2.39. The zero-order valence-corrected chi connectivity index (χ0v) is 17.4. The van der Waals surface area contributed by atoms with Crippen molar-refractivity contribution in [2.45, 2.75) is 40.0 Å². The first-order chi connectivity index (χ1) is 12.8. The largest absolute Gasteiger partial charge is 0.493 e. The number of benzene rings is 1. The quantitative estimate of drug-likeness (QED) is 0.683. The van der Waals surface area contributed by atoms with Gasteiger partial charge in [-0.15, -0.1) is 0 Å². The molecule has 0 bridgehead atoms. The first-order valence-electron chi connectivity index (χ1n) is 9.11. The highest BCUT2D eigenvalue weighted by molar-refractivity contribution is 7.97. The van der Waals surface area contributed by atoms with Crippen LogP contribution in [-0.4, -0.2) is 41.6 Å². The Balaban J connectivity index is 2.58. The Kier molecular flexibility index (Phi) is 6.75. The van der Waals surface area contributed by atoms with E-state index in [2.05, 4.69) is 12.2 Å². The third kappa shape index (κ3) is 3.90. The summed E-state index contributed by atoms with van der Waals surface area (Å²) in [5.74, 6) is 0.348. The number of hydrogen-bond acceptors (Lipinski definition) is 5. The molecule has 0 spiro atoms. The van der Waals surface area contributed by atoms with Crippen LogP contribution in [0, 0.1) is 0 Å². The van der Waals surface area contributed by atoms with E-state index in [1.54, 1.807) is 26.0 Å². The fourth-order valence-corrected chi connectivity index (χ4v) is 4.99. The molecule has 0 radical (unpaired) electrons. The van der Waals surface area contributed by atoms with Gasteiger partial charge in [0.1, 0.15) is 0 Å². The zero-order valence-electron chi connectivity index (χ0n) is 16.6. The molecule has 1 aliphatic heterocycles. The summed E-state index contributed by atoms with van der Waals surface area (Å²) in [6, 6.07) is 3.35. The lowest BCUT2D eigenvalue weighted by molar-refractivity contribution is -0.116. The Morgan fingerprint density at radius 3 is 2.30 bits per heavy atom. The molecule has 0 aliphatic carbocycles. The maximum Gasteiger partial charge on any atom is 0.270 e. The third-order valence-electron chi connectivity index (χ3n) is 4.62. The molecule has 1 aromatic rings. The fourth-order valence-electron chi connectivity index (χ4n) is 3.22. The van der Waals surface area contributed by atoms with Crippen molar-refractivity contribution in [1.82, 2.24) is 5.32 Å². The number of fused-ring (bicyclic) bond motifs is 1. The van der Waals surface area contributed by atoms with Crippen LogP contribution < -0.4 is 19.1 Å². The first kappa shape index (κ1) is 21.1. The summed E-state index contributed by atoms with van der Waals surface area (Å²) >= 11 is 0. The summed E-state index contributed by atoms with van der Waals surface area (Å²) in [7, 11) is -0.947. The molecule has 0 unspecified atom stereocenters. The molecule has 1 heterocycles. The minimum atomic E-state index is -3.96. The van der Waals surface area contributed by atoms with Crippen LogP contribution in [0.1, 0.15) is 45.6 Å². The number of unbranched alkanes of at least 4 members (excludes halogenated alkanes) is 2. The monoisotopic (exact) mass is 396 g/mol. The van der Waals surface area contributed by atoms with Crippen LogP contribution in [0.2, 0.25) is 0 Å². The Morgan fingerprint density at radius 1 is 1.11 bits per heavy atom. The van der Waals surface area contributed by atoms with Gasteiger partial charge in [-0.05, 0) is 31.9 Å². The molecule has 0 aromatic heterocycles. The zero-order chi connectivity index (χ0) is 20.2. The van der Waals surface area contributed by atoms with E-state index in [0.717, 1.165) is 19.3 Å². The highest BCUT2D eigenvalue weighted by atomic mass is 32.2. The third-order valence-corrected chi connectivity index (χ3v) is 6.67. The number of ether oxygens (including phenoxy) is 2. The Bertz CT molecular complexity index is 846. The second kappa shape index (κ2) is 8.65. The SMILES string of the molecule is CCCCCNC(=O)C1=C(C)c2cc(OC)c(OC)cc2N(CC)S1(=O)=O. The Labute approximate surface area is 161 Å². The molecular formula is C19H28N2O5S. The van der Waals surface area contributed by atoms with Crippen molar-refractivity contribution in [1.29, 1.82) is 0 Å². The Hall–Kier alpha value is -2.22. The second-order valence-electron chi connectivity index (χ2n) is 6.31. The Morgan fingerprint density at radius 2 is 1.74 bits per heavy atom. The summed E-state index contributed by atoms with van der Waals surface area (Å²) in [5.41, 5.74) is 1.53. The molecule has 2 rings (SSSR count). The lowest BCUT2D eigenvalue weighted by atomic mass is 10.0. The van der Waals surface area contributed by atoms with Crippen LogP contribution in [0.25, 0.3) is 5.57 Å². The summed E-state index contributed by atoms with van der Waals surface area (Å²) in [6.45, 7) is 6.10. The molecule has 0 atom stereocenters. The van der Waals surface area contributed by atoms with E-state index in [-0.39, 0.29) is 11.4 Å². The van der Waals surface area contributed by atoms with Crippen LogP contribution in [0.3, 0.4) is 0 Å². The molecule has 8 heteroatoms. The van der Waals surface area contributed by atoms with Gasteiger partial charge in [0, 0.05) is 24.7 Å². The van der Waals surface area contributed by atoms with E-state index in [1.165, 1.54) is 18.5 Å². The number of amides is 1. The summed E-state index contributed by atoms with van der Waals surface area (Å²) in [5, 5.41) is 2.74. The predicted octanol–water partition coefficient (Wildman–Crippen LogP) is 2.91. The van der Waals surface area contributed by atoms with E-state index < -0.39 is 15.9 Å². The number of carbonyl (C=O) groups is 1. The molecule has 0 saturated carbocycles. The number of anilines is 1. The van der Waals surface area contributed by atoms with Gasteiger partial charge in [-0.25, -0.2) is 8.42 Å². The van der Waals surface area contributed by atoms with Gasteiger partial charge in [-0.2, -0.15) is 0 Å². The molecule has 0 saturated heterocycles. The highest BCUT2D eigenvalue weighted by Crippen LogP contribution is 2.44. The molecule has 27 heavy (non-hydrogen) atoms. The number of carbonyl (C=O) groups excluding carboxylic acids is 1. The van der Waals surface area contributed by atoms with E-state index in [1.807, 2.05) is 0 Å². The van der Waals surface area contributed by atoms with Gasteiger partial charge in [0.25, 0.3) is 15.9 Å². The molecule has 1 aromatic carbocycles. The summed E-state index contributed by atoms with van der Waals surface area (Å²) in [4.78, 5) is 12.5. The van der Waals surface area contributed by atoms with Crippen molar-refractivity contribution in [2.24, 2.45) is 0 Å². The molecule has 1 amide bonds. The van der Waals surface area contributed by atoms with Gasteiger partial charge >= 0.3 is 0 Å². The number of methoxy groups -OCH3 is 2. The van der Waals surface area contributed by atoms with Crippen molar-refractivity contribution in [3.8, 4) is 11.5 Å². The lowest BCUT2D eigenvalue weighted by Gasteiger charge is -2.32. The minimum Gasteiger partial charge on any atom is -0.493 e. The van der Waals surface area contributed by atoms with E-state index >= 15 is 0 Å². The molecular weight excluding hydrogens is 368 g/mol. The summed E-state index contributed by atoms with van der Waals surface area (Å²) in [6.07, 6.45) is 2.81. The van der Waals surface area contributed by atoms with E-state index in [4.69, 9.17) is 9.47 Å². The maximum atomic E-state index is 13.1. The average molecular weight is 397 g/mol. The van der Waals surface area contributed by atoms with Gasteiger partial charge in [0.15, 0.2) is 16.4 Å². The second-order valence-corrected chi connectivity index (χ2v) is 8.11. The average Bonchev–Trinajstić information content (AvgIpc) is 2.64. The van der Waals surface area contributed by atoms with Crippen molar-refractivity contribution < 1.29 is 22.7 Å². The minimum absolute atomic E-state index is 0.199. The van der Waals surface area contributed by atoms with Crippen LogP contribution in [0.5, 0.6) is 11.5 Å². The van der Waals surface area contributed by atoms with Crippen molar-refractivity contribution in [3.05, 3.63) is 22.6 Å². The molecule has 1 N–H and O–H groups in total. The smallest absolute Gasteiger partial charge is 0.270 e. The van der Waals surface area contributed by atoms with Crippen molar-refractivity contribution in [2.75, 3.05) is 31.6 Å². The summed E-state index contributed by atoms with van der Waals surface area (Å²) < 4.78 is 38.2. The number of hydrogen-bond donors (Lipinski definition) is 1. The van der Waals surface area contributed by atoms with Gasteiger partial charge in [-0.3, -0.25) is 9.10 Å². The first-order valence-corrected chi connectivity index (χ1v) is 10.6. The van der Waals surface area contributed by atoms with Crippen molar-refractivity contribution in [3.63, 3.8) is 0 Å². The molecule has 7 nitrogen and oxygen atoms in total. The normalized spacial score (nSPS) is 15.4. The van der Waals surface area contributed by atoms with Crippen LogP contribution >= 0.6 is 0 Å². The predicted molar refractivity (Wildman–Crippen MR) is 107 cm³/mol. The van der Waals surface area contributed by atoms with Gasteiger partial charge < -0.3 is 14.8 Å². The van der Waals surface area contributed by atoms with Gasteiger partial charge in [0.2, 0.25) is 0 Å². The molecule has 1 aliphatic rings. The van der Waals surface area contributed by atoms with Gasteiger partial charge in [0.05, 0.1) is 19.9 Å². The van der Waals surface area contributed by atoms with Crippen LogP contribution in [0.4, 0.5) is 5.69 Å². The standard InChI is InChI=1S/C19H28N2O5S/c1-6-8-9-10-20-19(22)18-13(3)14-11-16(25-4)17(26-5)12-15(14)21(7-2)27(18,23)24/h11-12H,6-10H2,1-5H3,(H,20,22). The maximum absolute atomic E-state index is 13.1. The molecule has 150 valence electrons. The van der Waals surface area contributed by atoms with Crippen molar-refractivity contribution >= 4 is 27.2 Å². The van der Waals surface area contributed by atoms with Gasteiger partial charge in [-0.1, -0.05) is 19.8 Å². The number of nitrogens with one attached hydrogen (secondary N) is 1. The number of allylic oxidation sites excluding steroid dienone is 1. The topological polar surface area (TPSA) is 84.9 Å². The molecule has 0 fully saturated rings. The number of rotatable bonds is 8. The van der Waals surface area contributed by atoms with E-state index in [0.29, 0.717) is 34.9 Å². The fraction of sp³-hybridized carbons (Fsp3) is 0.526. The lowest BCUT2D eigenvalue weighted by Crippen LogP contribution is -2.41. The van der Waals surface area contributed by atoms with E-state index in [9.17, 15) is 13.2 Å². The van der Waals surface area contributed by atoms with Crippen LogP contribution in [-0.2, 0) is 14.8 Å². The van der Waals surface area contributed by atoms with Crippen LogP contribution in [0.15, 0.2) is 17.0 Å². The number of sulfonamides is 1.